The van der Waals surface area contributed by atoms with Crippen LogP contribution in [0, 0.1) is 17.8 Å². The van der Waals surface area contributed by atoms with Gasteiger partial charge in [-0.3, -0.25) is 4.79 Å². The Kier molecular flexibility index (Phi) is 6.91. The average molecular weight is 304 g/mol. The number of hydrogen-bond donors (Lipinski definition) is 0. The van der Waals surface area contributed by atoms with Gasteiger partial charge in [0.05, 0.1) is 19.1 Å². The van der Waals surface area contributed by atoms with E-state index in [1.807, 2.05) is 18.2 Å². The molecule has 0 aromatic heterocycles. The van der Waals surface area contributed by atoms with Gasteiger partial charge in [-0.2, -0.15) is 0 Å². The van der Waals surface area contributed by atoms with Gasteiger partial charge in [0, 0.05) is 6.61 Å². The van der Waals surface area contributed by atoms with Crippen molar-refractivity contribution in [3.05, 3.63) is 35.9 Å². The number of carbonyl (C=O) groups excluding carboxylic acids is 1. The van der Waals surface area contributed by atoms with Gasteiger partial charge in [-0.25, -0.2) is 0 Å². The van der Waals surface area contributed by atoms with Crippen LogP contribution in [0.1, 0.15) is 45.1 Å². The first-order chi connectivity index (χ1) is 10.6. The molecule has 0 spiro atoms. The van der Waals surface area contributed by atoms with E-state index in [1.165, 1.54) is 5.56 Å². The van der Waals surface area contributed by atoms with Gasteiger partial charge in [0.2, 0.25) is 0 Å². The van der Waals surface area contributed by atoms with Crippen molar-refractivity contribution in [1.82, 2.24) is 0 Å². The second-order valence-electron chi connectivity index (χ2n) is 6.74. The highest BCUT2D eigenvalue weighted by atomic mass is 16.5. The molecule has 0 aliphatic heterocycles. The van der Waals surface area contributed by atoms with Crippen molar-refractivity contribution in [2.75, 3.05) is 13.2 Å². The molecule has 1 aromatic carbocycles. The molecule has 3 heteroatoms. The molecule has 1 aromatic rings. The van der Waals surface area contributed by atoms with Crippen LogP contribution in [0.5, 0.6) is 0 Å². The summed E-state index contributed by atoms with van der Waals surface area (Å²) in [7, 11) is 0. The van der Waals surface area contributed by atoms with E-state index >= 15 is 0 Å². The van der Waals surface area contributed by atoms with Crippen LogP contribution in [0.25, 0.3) is 0 Å². The Labute approximate surface area is 134 Å². The fourth-order valence-corrected chi connectivity index (χ4v) is 2.85. The minimum absolute atomic E-state index is 0.00245. The van der Waals surface area contributed by atoms with E-state index in [2.05, 4.69) is 26.0 Å². The lowest BCUT2D eigenvalue weighted by molar-refractivity contribution is -0.151. The SMILES string of the molecule is CC(C)COC(=O)C1CCC(COCc2ccccc2)CC1. The monoisotopic (exact) mass is 304 g/mol. The molecule has 0 unspecified atom stereocenters. The standard InChI is InChI=1S/C19H28O3/c1-15(2)12-22-19(20)18-10-8-17(9-11-18)14-21-13-16-6-4-3-5-7-16/h3-7,15,17-18H,8-14H2,1-2H3. The molecule has 3 nitrogen and oxygen atoms in total. The van der Waals surface area contributed by atoms with Crippen LogP contribution in [-0.4, -0.2) is 19.2 Å². The third-order valence-electron chi connectivity index (χ3n) is 4.20. The van der Waals surface area contributed by atoms with Crippen LogP contribution in [0.3, 0.4) is 0 Å². The van der Waals surface area contributed by atoms with Crippen LogP contribution in [-0.2, 0) is 20.9 Å². The fraction of sp³-hybridized carbons (Fsp3) is 0.632. The largest absolute Gasteiger partial charge is 0.465 e. The Morgan fingerprint density at radius 1 is 1.14 bits per heavy atom. The summed E-state index contributed by atoms with van der Waals surface area (Å²) >= 11 is 0. The van der Waals surface area contributed by atoms with Gasteiger partial charge in [0.15, 0.2) is 0 Å². The predicted octanol–water partition coefficient (Wildman–Crippen LogP) is 4.21. The summed E-state index contributed by atoms with van der Waals surface area (Å²) in [6.45, 7) is 6.14. The van der Waals surface area contributed by atoms with Gasteiger partial charge >= 0.3 is 5.97 Å². The minimum Gasteiger partial charge on any atom is -0.465 e. The first-order valence-electron chi connectivity index (χ1n) is 8.43. The summed E-state index contributed by atoms with van der Waals surface area (Å²) in [4.78, 5) is 12.0. The highest BCUT2D eigenvalue weighted by Crippen LogP contribution is 2.30. The fourth-order valence-electron chi connectivity index (χ4n) is 2.85. The van der Waals surface area contributed by atoms with Crippen LogP contribution < -0.4 is 0 Å². The number of ether oxygens (including phenoxy) is 2. The van der Waals surface area contributed by atoms with E-state index in [4.69, 9.17) is 9.47 Å². The molecule has 22 heavy (non-hydrogen) atoms. The van der Waals surface area contributed by atoms with Crippen molar-refractivity contribution in [1.29, 1.82) is 0 Å². The molecule has 0 N–H and O–H groups in total. The molecule has 0 radical (unpaired) electrons. The summed E-state index contributed by atoms with van der Waals surface area (Å²) in [5.41, 5.74) is 1.22. The summed E-state index contributed by atoms with van der Waals surface area (Å²) in [5.74, 6) is 1.09. The van der Waals surface area contributed by atoms with Gasteiger partial charge in [-0.1, -0.05) is 44.2 Å². The molecule has 0 heterocycles. The molecular formula is C19H28O3. The second kappa shape index (κ2) is 8.94. The lowest BCUT2D eigenvalue weighted by atomic mass is 9.82. The number of esters is 1. The van der Waals surface area contributed by atoms with Crippen molar-refractivity contribution in [3.8, 4) is 0 Å². The maximum Gasteiger partial charge on any atom is 0.308 e. The lowest BCUT2D eigenvalue weighted by Crippen LogP contribution is -2.26. The van der Waals surface area contributed by atoms with E-state index in [9.17, 15) is 4.79 Å². The third-order valence-corrected chi connectivity index (χ3v) is 4.20. The molecule has 0 bridgehead atoms. The number of rotatable bonds is 7. The first kappa shape index (κ1) is 17.0. The van der Waals surface area contributed by atoms with E-state index in [1.54, 1.807) is 0 Å². The molecule has 0 amide bonds. The van der Waals surface area contributed by atoms with E-state index in [-0.39, 0.29) is 11.9 Å². The molecule has 1 saturated carbocycles. The molecule has 0 atom stereocenters. The number of hydrogen-bond acceptors (Lipinski definition) is 3. The quantitative estimate of drug-likeness (QED) is 0.708. The van der Waals surface area contributed by atoms with Gasteiger partial charge < -0.3 is 9.47 Å². The van der Waals surface area contributed by atoms with Crippen molar-refractivity contribution in [2.45, 2.75) is 46.1 Å². The zero-order chi connectivity index (χ0) is 15.8. The summed E-state index contributed by atoms with van der Waals surface area (Å²) in [6.07, 6.45) is 4.01. The minimum atomic E-state index is -0.00245. The number of benzene rings is 1. The summed E-state index contributed by atoms with van der Waals surface area (Å²) < 4.78 is 11.2. The van der Waals surface area contributed by atoms with Crippen LogP contribution in [0.2, 0.25) is 0 Å². The Balaban J connectivity index is 1.61. The molecule has 1 aliphatic carbocycles. The molecule has 1 aliphatic rings. The van der Waals surface area contributed by atoms with Gasteiger partial charge in [-0.15, -0.1) is 0 Å². The van der Waals surface area contributed by atoms with Gasteiger partial charge in [0.25, 0.3) is 0 Å². The Bertz CT molecular complexity index is 433. The predicted molar refractivity (Wildman–Crippen MR) is 87.3 cm³/mol. The van der Waals surface area contributed by atoms with Crippen molar-refractivity contribution in [3.63, 3.8) is 0 Å². The maximum atomic E-state index is 12.0. The molecular weight excluding hydrogens is 276 g/mol. The zero-order valence-electron chi connectivity index (χ0n) is 13.8. The van der Waals surface area contributed by atoms with Gasteiger partial charge in [0.1, 0.15) is 0 Å². The maximum absolute atomic E-state index is 12.0. The van der Waals surface area contributed by atoms with Crippen molar-refractivity contribution < 1.29 is 14.3 Å². The second-order valence-corrected chi connectivity index (χ2v) is 6.74. The van der Waals surface area contributed by atoms with E-state index in [0.29, 0.717) is 25.0 Å². The number of carbonyl (C=O) groups is 1. The Morgan fingerprint density at radius 3 is 2.45 bits per heavy atom. The smallest absolute Gasteiger partial charge is 0.308 e. The van der Waals surface area contributed by atoms with Crippen LogP contribution in [0.4, 0.5) is 0 Å². The molecule has 2 rings (SSSR count). The normalized spacial score (nSPS) is 21.8. The molecule has 122 valence electrons. The topological polar surface area (TPSA) is 35.5 Å². The molecule has 0 saturated heterocycles. The Hall–Kier alpha value is -1.35. The van der Waals surface area contributed by atoms with Crippen LogP contribution in [0.15, 0.2) is 30.3 Å². The van der Waals surface area contributed by atoms with Gasteiger partial charge in [-0.05, 0) is 43.1 Å². The molecule has 1 fully saturated rings. The van der Waals surface area contributed by atoms with Crippen LogP contribution >= 0.6 is 0 Å². The van der Waals surface area contributed by atoms with Crippen molar-refractivity contribution in [2.24, 2.45) is 17.8 Å². The van der Waals surface area contributed by atoms with E-state index in [0.717, 1.165) is 32.3 Å². The average Bonchev–Trinajstić information content (AvgIpc) is 2.54. The zero-order valence-corrected chi connectivity index (χ0v) is 13.8. The summed E-state index contributed by atoms with van der Waals surface area (Å²) in [6, 6.07) is 10.3. The third kappa shape index (κ3) is 5.80. The first-order valence-corrected chi connectivity index (χ1v) is 8.43. The Morgan fingerprint density at radius 2 is 1.82 bits per heavy atom. The van der Waals surface area contributed by atoms with E-state index < -0.39 is 0 Å². The highest BCUT2D eigenvalue weighted by molar-refractivity contribution is 5.72. The highest BCUT2D eigenvalue weighted by Gasteiger charge is 2.27. The summed E-state index contributed by atoms with van der Waals surface area (Å²) in [5, 5.41) is 0. The van der Waals surface area contributed by atoms with Crippen molar-refractivity contribution >= 4 is 5.97 Å². The lowest BCUT2D eigenvalue weighted by Gasteiger charge is -2.27.